The van der Waals surface area contributed by atoms with Gasteiger partial charge in [0.15, 0.2) is 0 Å². The van der Waals surface area contributed by atoms with E-state index in [9.17, 15) is 0 Å². The predicted octanol–water partition coefficient (Wildman–Crippen LogP) is 3.08. The Kier molecular flexibility index (Phi) is 3.62. The summed E-state index contributed by atoms with van der Waals surface area (Å²) >= 11 is 0. The molecule has 1 unspecified atom stereocenters. The second-order valence-corrected chi connectivity index (χ2v) is 4.82. The number of benzene rings is 1. The van der Waals surface area contributed by atoms with Crippen molar-refractivity contribution in [3.63, 3.8) is 0 Å². The normalized spacial score (nSPS) is 24.9. The first-order valence-electron chi connectivity index (χ1n) is 5.96. The average molecular weight is 220 g/mol. The Morgan fingerprint density at radius 2 is 2.19 bits per heavy atom. The van der Waals surface area contributed by atoms with Crippen LogP contribution in [0.15, 0.2) is 24.3 Å². The summed E-state index contributed by atoms with van der Waals surface area (Å²) in [4.78, 5) is 0. The van der Waals surface area contributed by atoms with Gasteiger partial charge in [-0.15, -0.1) is 0 Å². The van der Waals surface area contributed by atoms with Gasteiger partial charge in [-0.05, 0) is 37.8 Å². The van der Waals surface area contributed by atoms with Gasteiger partial charge < -0.3 is 9.47 Å². The van der Waals surface area contributed by atoms with Gasteiger partial charge in [0, 0.05) is 6.61 Å². The van der Waals surface area contributed by atoms with E-state index in [0.29, 0.717) is 13.2 Å². The molecule has 1 aliphatic heterocycles. The van der Waals surface area contributed by atoms with Crippen LogP contribution in [0.25, 0.3) is 0 Å². The molecule has 1 aromatic rings. The zero-order valence-corrected chi connectivity index (χ0v) is 10.2. The molecule has 16 heavy (non-hydrogen) atoms. The second-order valence-electron chi connectivity index (χ2n) is 4.82. The van der Waals surface area contributed by atoms with Crippen LogP contribution < -0.4 is 0 Å². The van der Waals surface area contributed by atoms with Crippen molar-refractivity contribution in [2.24, 2.45) is 0 Å². The fraction of sp³-hybridized carbons (Fsp3) is 0.571. The first-order valence-corrected chi connectivity index (χ1v) is 5.96. The van der Waals surface area contributed by atoms with E-state index in [1.54, 1.807) is 0 Å². The summed E-state index contributed by atoms with van der Waals surface area (Å²) in [5, 5.41) is 0. The van der Waals surface area contributed by atoms with E-state index >= 15 is 0 Å². The largest absolute Gasteiger partial charge is 0.374 e. The summed E-state index contributed by atoms with van der Waals surface area (Å²) in [7, 11) is 0. The SMILES string of the molecule is Cc1ccccc1COCC1(C)CCCO1. The Morgan fingerprint density at radius 1 is 1.38 bits per heavy atom. The fourth-order valence-electron chi connectivity index (χ4n) is 2.10. The smallest absolute Gasteiger partial charge is 0.0887 e. The van der Waals surface area contributed by atoms with Gasteiger partial charge in [-0.25, -0.2) is 0 Å². The topological polar surface area (TPSA) is 18.5 Å². The molecule has 0 spiro atoms. The van der Waals surface area contributed by atoms with Gasteiger partial charge in [-0.2, -0.15) is 0 Å². The number of aryl methyl sites for hydroxylation is 1. The molecule has 0 N–H and O–H groups in total. The van der Waals surface area contributed by atoms with E-state index in [1.165, 1.54) is 11.1 Å². The highest BCUT2D eigenvalue weighted by Crippen LogP contribution is 2.25. The van der Waals surface area contributed by atoms with Crippen LogP contribution in [0.4, 0.5) is 0 Å². The van der Waals surface area contributed by atoms with E-state index in [-0.39, 0.29) is 5.60 Å². The van der Waals surface area contributed by atoms with Crippen molar-refractivity contribution in [2.75, 3.05) is 13.2 Å². The van der Waals surface area contributed by atoms with Gasteiger partial charge in [0.25, 0.3) is 0 Å². The Labute approximate surface area is 97.6 Å². The summed E-state index contributed by atoms with van der Waals surface area (Å²) < 4.78 is 11.4. The molecule has 1 saturated heterocycles. The van der Waals surface area contributed by atoms with Crippen molar-refractivity contribution in [3.05, 3.63) is 35.4 Å². The molecule has 1 aliphatic rings. The van der Waals surface area contributed by atoms with Crippen LogP contribution in [-0.2, 0) is 16.1 Å². The first-order chi connectivity index (χ1) is 7.70. The van der Waals surface area contributed by atoms with Gasteiger partial charge in [0.2, 0.25) is 0 Å². The first kappa shape index (κ1) is 11.6. The zero-order chi connectivity index (χ0) is 11.4. The third-order valence-corrected chi connectivity index (χ3v) is 3.23. The van der Waals surface area contributed by atoms with Crippen LogP contribution >= 0.6 is 0 Å². The Morgan fingerprint density at radius 3 is 2.88 bits per heavy atom. The third-order valence-electron chi connectivity index (χ3n) is 3.23. The minimum atomic E-state index is -0.0529. The van der Waals surface area contributed by atoms with Crippen LogP contribution in [0, 0.1) is 6.92 Å². The van der Waals surface area contributed by atoms with Crippen LogP contribution in [0.1, 0.15) is 30.9 Å². The lowest BCUT2D eigenvalue weighted by molar-refractivity contribution is -0.0559. The molecular weight excluding hydrogens is 200 g/mol. The summed E-state index contributed by atoms with van der Waals surface area (Å²) in [5.74, 6) is 0. The molecule has 2 heteroatoms. The molecule has 1 fully saturated rings. The van der Waals surface area contributed by atoms with Crippen molar-refractivity contribution in [1.82, 2.24) is 0 Å². The molecule has 0 amide bonds. The lowest BCUT2D eigenvalue weighted by Gasteiger charge is -2.22. The molecule has 2 nitrogen and oxygen atoms in total. The van der Waals surface area contributed by atoms with Gasteiger partial charge in [-0.1, -0.05) is 24.3 Å². The Hall–Kier alpha value is -0.860. The molecule has 2 rings (SSSR count). The molecule has 1 heterocycles. The number of rotatable bonds is 4. The van der Waals surface area contributed by atoms with Gasteiger partial charge in [-0.3, -0.25) is 0 Å². The van der Waals surface area contributed by atoms with Crippen molar-refractivity contribution in [1.29, 1.82) is 0 Å². The zero-order valence-electron chi connectivity index (χ0n) is 10.2. The summed E-state index contributed by atoms with van der Waals surface area (Å²) in [5.41, 5.74) is 2.51. The monoisotopic (exact) mass is 220 g/mol. The highest BCUT2D eigenvalue weighted by atomic mass is 16.5. The summed E-state index contributed by atoms with van der Waals surface area (Å²) in [6, 6.07) is 8.35. The van der Waals surface area contributed by atoms with Crippen LogP contribution in [0.5, 0.6) is 0 Å². The molecule has 0 radical (unpaired) electrons. The van der Waals surface area contributed by atoms with Gasteiger partial charge in [0.05, 0.1) is 18.8 Å². The number of hydrogen-bond donors (Lipinski definition) is 0. The Bertz CT molecular complexity index is 340. The second kappa shape index (κ2) is 4.98. The maximum Gasteiger partial charge on any atom is 0.0887 e. The standard InChI is InChI=1S/C14H20O2/c1-12-6-3-4-7-13(12)10-15-11-14(2)8-5-9-16-14/h3-4,6-7H,5,8-11H2,1-2H3. The van der Waals surface area contributed by atoms with Crippen LogP contribution in [-0.4, -0.2) is 18.8 Å². The molecular formula is C14H20O2. The van der Waals surface area contributed by atoms with E-state index in [0.717, 1.165) is 19.4 Å². The molecule has 0 aliphatic carbocycles. The number of ether oxygens (including phenoxy) is 2. The third kappa shape index (κ3) is 2.83. The lowest BCUT2D eigenvalue weighted by Crippen LogP contribution is -2.29. The van der Waals surface area contributed by atoms with Crippen molar-refractivity contribution >= 4 is 0 Å². The van der Waals surface area contributed by atoms with E-state index in [1.807, 2.05) is 0 Å². The van der Waals surface area contributed by atoms with Crippen molar-refractivity contribution in [3.8, 4) is 0 Å². The van der Waals surface area contributed by atoms with Gasteiger partial charge >= 0.3 is 0 Å². The van der Waals surface area contributed by atoms with Gasteiger partial charge in [0.1, 0.15) is 0 Å². The summed E-state index contributed by atoms with van der Waals surface area (Å²) in [6.07, 6.45) is 2.27. The quantitative estimate of drug-likeness (QED) is 0.776. The predicted molar refractivity (Wildman–Crippen MR) is 64.4 cm³/mol. The maximum absolute atomic E-state index is 5.76. The minimum Gasteiger partial charge on any atom is -0.374 e. The molecule has 0 saturated carbocycles. The summed E-state index contributed by atoms with van der Waals surface area (Å²) in [6.45, 7) is 6.52. The van der Waals surface area contributed by atoms with Crippen molar-refractivity contribution in [2.45, 2.75) is 38.9 Å². The molecule has 1 atom stereocenters. The molecule has 88 valence electrons. The molecule has 1 aromatic carbocycles. The van der Waals surface area contributed by atoms with Crippen molar-refractivity contribution < 1.29 is 9.47 Å². The Balaban J connectivity index is 1.82. The maximum atomic E-state index is 5.76. The van der Waals surface area contributed by atoms with Crippen LogP contribution in [0.3, 0.4) is 0 Å². The van der Waals surface area contributed by atoms with E-state index in [4.69, 9.17) is 9.47 Å². The highest BCUT2D eigenvalue weighted by molar-refractivity contribution is 5.24. The minimum absolute atomic E-state index is 0.0529. The van der Waals surface area contributed by atoms with E-state index in [2.05, 4.69) is 38.1 Å². The van der Waals surface area contributed by atoms with E-state index < -0.39 is 0 Å². The average Bonchev–Trinajstić information content (AvgIpc) is 2.68. The molecule has 0 aromatic heterocycles. The number of hydrogen-bond acceptors (Lipinski definition) is 2. The molecule has 0 bridgehead atoms. The highest BCUT2D eigenvalue weighted by Gasteiger charge is 2.29. The fourth-order valence-corrected chi connectivity index (χ4v) is 2.10. The van der Waals surface area contributed by atoms with Crippen LogP contribution in [0.2, 0.25) is 0 Å². The lowest BCUT2D eigenvalue weighted by atomic mass is 10.0.